The van der Waals surface area contributed by atoms with Crippen molar-refractivity contribution in [3.05, 3.63) is 28.2 Å². The number of hydrogen-bond donors (Lipinski definition) is 2. The summed E-state index contributed by atoms with van der Waals surface area (Å²) in [5, 5.41) is 22.1. The van der Waals surface area contributed by atoms with Gasteiger partial charge in [-0.15, -0.1) is 0 Å². The molecule has 0 bridgehead atoms. The van der Waals surface area contributed by atoms with Crippen molar-refractivity contribution in [3.8, 4) is 6.07 Å². The summed E-state index contributed by atoms with van der Waals surface area (Å²) >= 11 is 4.95. The Morgan fingerprint density at radius 1 is 1.59 bits per heavy atom. The maximum atomic E-state index is 10.0. The van der Waals surface area contributed by atoms with Crippen LogP contribution < -0.4 is 5.32 Å². The van der Waals surface area contributed by atoms with Crippen molar-refractivity contribution in [1.29, 1.82) is 5.26 Å². The van der Waals surface area contributed by atoms with Gasteiger partial charge in [-0.1, -0.05) is 15.9 Å². The first-order valence-corrected chi connectivity index (χ1v) is 7.32. The normalized spacial score (nSPS) is 13.8. The summed E-state index contributed by atoms with van der Waals surface area (Å²) in [7, 11) is 0. The molecule has 0 fully saturated rings. The van der Waals surface area contributed by atoms with Crippen molar-refractivity contribution in [2.75, 3.05) is 23.9 Å². The Hall–Kier alpha value is -0.700. The highest BCUT2D eigenvalue weighted by atomic mass is 79.9. The second-order valence-corrected chi connectivity index (χ2v) is 5.87. The lowest BCUT2D eigenvalue weighted by Gasteiger charge is -2.23. The number of aliphatic hydroxyl groups is 1. The van der Waals surface area contributed by atoms with Crippen molar-refractivity contribution in [3.63, 3.8) is 0 Å². The molecule has 1 rings (SSSR count). The molecule has 2 N–H and O–H groups in total. The van der Waals surface area contributed by atoms with Gasteiger partial charge in [-0.3, -0.25) is 0 Å². The average Bonchev–Trinajstić information content (AvgIpc) is 2.27. The standard InChI is InChI=1S/C12H15BrN2OS/c1-12(16,8-17-2)7-15-11-5-10(13)4-3-9(11)6-14/h3-5,15-16H,7-8H2,1-2H3. The minimum absolute atomic E-state index is 0.416. The van der Waals surface area contributed by atoms with E-state index in [0.717, 1.165) is 10.2 Å². The number of nitrogens with zero attached hydrogens (tertiary/aromatic N) is 1. The van der Waals surface area contributed by atoms with Crippen LogP contribution in [0.25, 0.3) is 0 Å². The summed E-state index contributed by atoms with van der Waals surface area (Å²) in [4.78, 5) is 0. The molecule has 3 nitrogen and oxygen atoms in total. The highest BCUT2D eigenvalue weighted by Crippen LogP contribution is 2.22. The number of rotatable bonds is 5. The van der Waals surface area contributed by atoms with Crippen LogP contribution in [0.3, 0.4) is 0 Å². The minimum atomic E-state index is -0.783. The summed E-state index contributed by atoms with van der Waals surface area (Å²) in [5.41, 5.74) is 0.533. The molecule has 0 spiro atoms. The number of nitriles is 1. The topological polar surface area (TPSA) is 56.0 Å². The third kappa shape index (κ3) is 4.58. The molecule has 17 heavy (non-hydrogen) atoms. The Morgan fingerprint density at radius 2 is 2.29 bits per heavy atom. The van der Waals surface area contributed by atoms with E-state index >= 15 is 0 Å². The quantitative estimate of drug-likeness (QED) is 0.877. The molecule has 1 unspecified atom stereocenters. The summed E-state index contributed by atoms with van der Waals surface area (Å²) < 4.78 is 0.906. The van der Waals surface area contributed by atoms with Gasteiger partial charge in [0, 0.05) is 16.8 Å². The second-order valence-electron chi connectivity index (χ2n) is 4.09. The molecule has 0 aliphatic heterocycles. The van der Waals surface area contributed by atoms with Crippen LogP contribution in [-0.4, -0.2) is 29.3 Å². The third-order valence-electron chi connectivity index (χ3n) is 2.22. The van der Waals surface area contributed by atoms with Crippen molar-refractivity contribution < 1.29 is 5.11 Å². The number of thioether (sulfide) groups is 1. The molecular weight excluding hydrogens is 300 g/mol. The summed E-state index contributed by atoms with van der Waals surface area (Å²) in [6.45, 7) is 2.19. The number of hydrogen-bond acceptors (Lipinski definition) is 4. The minimum Gasteiger partial charge on any atom is -0.387 e. The lowest BCUT2D eigenvalue weighted by atomic mass is 10.1. The lowest BCUT2D eigenvalue weighted by molar-refractivity contribution is 0.0997. The van der Waals surface area contributed by atoms with Gasteiger partial charge < -0.3 is 10.4 Å². The largest absolute Gasteiger partial charge is 0.387 e. The molecule has 0 aromatic heterocycles. The van der Waals surface area contributed by atoms with E-state index in [0.29, 0.717) is 17.9 Å². The van der Waals surface area contributed by atoms with Gasteiger partial charge in [0.05, 0.1) is 16.9 Å². The number of benzene rings is 1. The number of nitrogens with one attached hydrogen (secondary N) is 1. The van der Waals surface area contributed by atoms with Crippen LogP contribution in [0.15, 0.2) is 22.7 Å². The van der Waals surface area contributed by atoms with Gasteiger partial charge in [0.15, 0.2) is 0 Å². The maximum absolute atomic E-state index is 10.0. The first-order valence-electron chi connectivity index (χ1n) is 5.13. The van der Waals surface area contributed by atoms with E-state index in [1.807, 2.05) is 18.4 Å². The molecule has 0 aliphatic carbocycles. The third-order valence-corrected chi connectivity index (χ3v) is 3.62. The maximum Gasteiger partial charge on any atom is 0.101 e. The fourth-order valence-corrected chi connectivity index (χ4v) is 2.49. The molecule has 5 heteroatoms. The molecule has 0 saturated heterocycles. The van der Waals surface area contributed by atoms with Crippen LogP contribution in [-0.2, 0) is 0 Å². The van der Waals surface area contributed by atoms with E-state index in [-0.39, 0.29) is 0 Å². The second kappa shape index (κ2) is 6.29. The van der Waals surface area contributed by atoms with Crippen molar-refractivity contribution in [2.45, 2.75) is 12.5 Å². The van der Waals surface area contributed by atoms with Crippen LogP contribution in [0.2, 0.25) is 0 Å². The molecule has 0 radical (unpaired) electrons. The van der Waals surface area contributed by atoms with Gasteiger partial charge in [0.1, 0.15) is 6.07 Å². The fourth-order valence-electron chi connectivity index (χ4n) is 1.41. The monoisotopic (exact) mass is 314 g/mol. The Balaban J connectivity index is 2.75. The van der Waals surface area contributed by atoms with E-state index in [1.54, 1.807) is 24.8 Å². The highest BCUT2D eigenvalue weighted by Gasteiger charge is 2.19. The summed E-state index contributed by atoms with van der Waals surface area (Å²) in [6, 6.07) is 7.53. The Morgan fingerprint density at radius 3 is 2.88 bits per heavy atom. The van der Waals surface area contributed by atoms with Gasteiger partial charge in [-0.25, -0.2) is 0 Å². The van der Waals surface area contributed by atoms with Gasteiger partial charge >= 0.3 is 0 Å². The van der Waals surface area contributed by atoms with Gasteiger partial charge in [0.2, 0.25) is 0 Å². The van der Waals surface area contributed by atoms with Crippen molar-refractivity contribution in [1.82, 2.24) is 0 Å². The van der Waals surface area contributed by atoms with Gasteiger partial charge in [-0.2, -0.15) is 17.0 Å². The predicted octanol–water partition coefficient (Wildman–Crippen LogP) is 2.85. The van der Waals surface area contributed by atoms with Gasteiger partial charge in [0.25, 0.3) is 0 Å². The zero-order chi connectivity index (χ0) is 12.9. The highest BCUT2D eigenvalue weighted by molar-refractivity contribution is 9.10. The number of halogens is 1. The SMILES string of the molecule is CSCC(C)(O)CNc1cc(Br)ccc1C#N. The lowest BCUT2D eigenvalue weighted by Crippen LogP contribution is -2.36. The van der Waals surface area contributed by atoms with Gasteiger partial charge in [-0.05, 0) is 31.4 Å². The Labute approximate surface area is 114 Å². The van der Waals surface area contributed by atoms with Crippen LogP contribution in [0, 0.1) is 11.3 Å². The first-order chi connectivity index (χ1) is 7.98. The van der Waals surface area contributed by atoms with E-state index in [4.69, 9.17) is 5.26 Å². The fraction of sp³-hybridized carbons (Fsp3) is 0.417. The smallest absolute Gasteiger partial charge is 0.101 e. The van der Waals surface area contributed by atoms with Crippen LogP contribution in [0.4, 0.5) is 5.69 Å². The molecule has 1 aromatic carbocycles. The average molecular weight is 315 g/mol. The van der Waals surface area contributed by atoms with E-state index in [2.05, 4.69) is 27.3 Å². The molecule has 0 amide bonds. The zero-order valence-electron chi connectivity index (χ0n) is 9.83. The van der Waals surface area contributed by atoms with Crippen molar-refractivity contribution in [2.24, 2.45) is 0 Å². The first kappa shape index (κ1) is 14.4. The zero-order valence-corrected chi connectivity index (χ0v) is 12.2. The molecule has 1 aromatic rings. The molecule has 0 aliphatic rings. The molecule has 0 heterocycles. The molecule has 0 saturated carbocycles. The predicted molar refractivity (Wildman–Crippen MR) is 76.4 cm³/mol. The summed E-state index contributed by atoms with van der Waals surface area (Å²) in [5.74, 6) is 0.649. The molecule has 92 valence electrons. The van der Waals surface area contributed by atoms with Crippen LogP contribution in [0.1, 0.15) is 12.5 Å². The summed E-state index contributed by atoms with van der Waals surface area (Å²) in [6.07, 6.45) is 1.95. The molecular formula is C12H15BrN2OS. The van der Waals surface area contributed by atoms with Crippen LogP contribution >= 0.6 is 27.7 Å². The Bertz CT molecular complexity index is 429. The molecule has 1 atom stereocenters. The van der Waals surface area contributed by atoms with Crippen molar-refractivity contribution >= 4 is 33.4 Å². The van der Waals surface area contributed by atoms with E-state index in [1.165, 1.54) is 0 Å². The number of anilines is 1. The van der Waals surface area contributed by atoms with Crippen LogP contribution in [0.5, 0.6) is 0 Å². The Kier molecular flexibility index (Phi) is 5.31. The van der Waals surface area contributed by atoms with E-state index < -0.39 is 5.60 Å². The van der Waals surface area contributed by atoms with E-state index in [9.17, 15) is 5.11 Å².